The summed E-state index contributed by atoms with van der Waals surface area (Å²) >= 11 is 0. The number of pyridine rings is 1. The SMILES string of the molecule is O=C(N[C@H](Cc1ccccn1)C1CC(O)C1)c1cc(C2CC2)[nH]n1. The molecule has 2 fully saturated rings. The maximum absolute atomic E-state index is 12.6. The van der Waals surface area contributed by atoms with Crippen molar-refractivity contribution in [3.8, 4) is 0 Å². The van der Waals surface area contributed by atoms with Crippen molar-refractivity contribution >= 4 is 5.91 Å². The molecule has 0 aliphatic heterocycles. The lowest BCUT2D eigenvalue weighted by Gasteiger charge is -2.37. The van der Waals surface area contributed by atoms with Gasteiger partial charge in [-0.25, -0.2) is 0 Å². The summed E-state index contributed by atoms with van der Waals surface area (Å²) in [6, 6.07) is 7.63. The first-order valence-corrected chi connectivity index (χ1v) is 8.63. The Morgan fingerprint density at radius 3 is 2.88 bits per heavy atom. The maximum atomic E-state index is 12.6. The van der Waals surface area contributed by atoms with E-state index in [2.05, 4.69) is 20.5 Å². The van der Waals surface area contributed by atoms with Crippen LogP contribution in [0.1, 0.15) is 53.5 Å². The Kier molecular flexibility index (Phi) is 4.06. The van der Waals surface area contributed by atoms with Crippen LogP contribution in [0.2, 0.25) is 0 Å². The third kappa shape index (κ3) is 3.33. The maximum Gasteiger partial charge on any atom is 0.272 e. The Labute approximate surface area is 140 Å². The lowest BCUT2D eigenvalue weighted by molar-refractivity contribution is 0.0237. The first-order valence-electron chi connectivity index (χ1n) is 8.63. The molecule has 2 aromatic rings. The van der Waals surface area contributed by atoms with E-state index in [1.807, 2.05) is 24.3 Å². The fourth-order valence-corrected chi connectivity index (χ4v) is 3.34. The van der Waals surface area contributed by atoms with Gasteiger partial charge in [0.2, 0.25) is 0 Å². The first-order chi connectivity index (χ1) is 11.7. The molecular formula is C18H22N4O2. The highest BCUT2D eigenvalue weighted by Gasteiger charge is 2.35. The molecule has 24 heavy (non-hydrogen) atoms. The number of nitrogens with zero attached hydrogens (tertiary/aromatic N) is 2. The van der Waals surface area contributed by atoms with Crippen LogP contribution in [-0.4, -0.2) is 38.3 Å². The summed E-state index contributed by atoms with van der Waals surface area (Å²) in [6.07, 6.45) is 5.99. The molecule has 6 heteroatoms. The molecule has 6 nitrogen and oxygen atoms in total. The zero-order chi connectivity index (χ0) is 16.5. The summed E-state index contributed by atoms with van der Waals surface area (Å²) in [4.78, 5) is 16.9. The molecule has 0 bridgehead atoms. The minimum Gasteiger partial charge on any atom is -0.393 e. The second-order valence-corrected chi connectivity index (χ2v) is 6.97. The standard InChI is InChI=1S/C18H22N4O2/c23-14-7-12(8-14)15(9-13-3-1-2-6-19-13)20-18(24)17-10-16(21-22-17)11-4-5-11/h1-3,6,10-12,14-15,23H,4-5,7-9H2,(H,20,24)(H,21,22)/t12?,14?,15-/m1/s1. The summed E-state index contributed by atoms with van der Waals surface area (Å²) in [5.74, 6) is 0.679. The van der Waals surface area contributed by atoms with E-state index in [0.717, 1.165) is 24.2 Å². The third-order valence-corrected chi connectivity index (χ3v) is 5.04. The van der Waals surface area contributed by atoms with Gasteiger partial charge in [-0.1, -0.05) is 6.07 Å². The molecule has 0 unspecified atom stereocenters. The van der Waals surface area contributed by atoms with Crippen molar-refractivity contribution in [3.05, 3.63) is 47.5 Å². The largest absolute Gasteiger partial charge is 0.393 e. The van der Waals surface area contributed by atoms with E-state index >= 15 is 0 Å². The van der Waals surface area contributed by atoms with Gasteiger partial charge in [-0.15, -0.1) is 0 Å². The second kappa shape index (κ2) is 6.36. The number of carbonyl (C=O) groups excluding carboxylic acids is 1. The average molecular weight is 326 g/mol. The van der Waals surface area contributed by atoms with E-state index in [-0.39, 0.29) is 24.0 Å². The molecule has 2 aromatic heterocycles. The molecule has 0 saturated heterocycles. The van der Waals surface area contributed by atoms with Crippen LogP contribution >= 0.6 is 0 Å². The second-order valence-electron chi connectivity index (χ2n) is 6.97. The van der Waals surface area contributed by atoms with Gasteiger partial charge in [-0.2, -0.15) is 5.10 Å². The molecule has 1 atom stereocenters. The first kappa shape index (κ1) is 15.3. The van der Waals surface area contributed by atoms with Crippen LogP contribution in [0.3, 0.4) is 0 Å². The summed E-state index contributed by atoms with van der Waals surface area (Å²) in [6.45, 7) is 0. The zero-order valence-electron chi connectivity index (χ0n) is 13.5. The normalized spacial score (nSPS) is 24.2. The van der Waals surface area contributed by atoms with E-state index < -0.39 is 0 Å². The van der Waals surface area contributed by atoms with Gasteiger partial charge in [0, 0.05) is 36.0 Å². The molecule has 2 heterocycles. The minimum absolute atomic E-state index is 0.0307. The summed E-state index contributed by atoms with van der Waals surface area (Å²) < 4.78 is 0. The fraction of sp³-hybridized carbons (Fsp3) is 0.500. The Balaban J connectivity index is 1.44. The number of amides is 1. The van der Waals surface area contributed by atoms with Gasteiger partial charge in [0.05, 0.1) is 6.10 Å². The minimum atomic E-state index is -0.245. The molecule has 2 aliphatic rings. The molecule has 0 radical (unpaired) electrons. The van der Waals surface area contributed by atoms with E-state index in [1.54, 1.807) is 6.20 Å². The van der Waals surface area contributed by atoms with Crippen molar-refractivity contribution in [3.63, 3.8) is 0 Å². The van der Waals surface area contributed by atoms with Gasteiger partial charge in [0.25, 0.3) is 5.91 Å². The van der Waals surface area contributed by atoms with Crippen molar-refractivity contribution in [2.45, 2.75) is 50.2 Å². The van der Waals surface area contributed by atoms with Crippen molar-refractivity contribution in [2.24, 2.45) is 5.92 Å². The number of hydrogen-bond donors (Lipinski definition) is 3. The van der Waals surface area contributed by atoms with E-state index in [0.29, 0.717) is 18.0 Å². The number of aliphatic hydroxyl groups excluding tert-OH is 1. The molecule has 1 amide bonds. The zero-order valence-corrected chi connectivity index (χ0v) is 13.5. The summed E-state index contributed by atoms with van der Waals surface area (Å²) in [5, 5.41) is 19.8. The molecule has 0 spiro atoms. The van der Waals surface area contributed by atoms with Crippen LogP contribution in [0.4, 0.5) is 0 Å². The molecule has 2 aliphatic carbocycles. The highest BCUT2D eigenvalue weighted by molar-refractivity contribution is 5.92. The Morgan fingerprint density at radius 1 is 1.38 bits per heavy atom. The fourth-order valence-electron chi connectivity index (χ4n) is 3.34. The van der Waals surface area contributed by atoms with Gasteiger partial charge in [-0.05, 0) is 49.8 Å². The van der Waals surface area contributed by atoms with Gasteiger partial charge in [0.1, 0.15) is 5.69 Å². The van der Waals surface area contributed by atoms with Crippen LogP contribution in [0.5, 0.6) is 0 Å². The van der Waals surface area contributed by atoms with Crippen LogP contribution < -0.4 is 5.32 Å². The number of carbonyl (C=O) groups is 1. The monoisotopic (exact) mass is 326 g/mol. The van der Waals surface area contributed by atoms with Gasteiger partial charge < -0.3 is 10.4 Å². The molecule has 126 valence electrons. The third-order valence-electron chi connectivity index (χ3n) is 5.04. The van der Waals surface area contributed by atoms with E-state index in [1.165, 1.54) is 12.8 Å². The predicted molar refractivity (Wildman–Crippen MR) is 88.5 cm³/mol. The molecular weight excluding hydrogens is 304 g/mol. The van der Waals surface area contributed by atoms with Crippen LogP contribution in [-0.2, 0) is 6.42 Å². The average Bonchev–Trinajstić information content (AvgIpc) is 3.29. The number of aromatic nitrogens is 3. The number of H-pyrrole nitrogens is 1. The van der Waals surface area contributed by atoms with Crippen molar-refractivity contribution < 1.29 is 9.90 Å². The number of aliphatic hydroxyl groups is 1. The highest BCUT2D eigenvalue weighted by atomic mass is 16.3. The Bertz CT molecular complexity index is 705. The van der Waals surface area contributed by atoms with E-state index in [9.17, 15) is 9.90 Å². The van der Waals surface area contributed by atoms with E-state index in [4.69, 9.17) is 0 Å². The smallest absolute Gasteiger partial charge is 0.272 e. The van der Waals surface area contributed by atoms with Crippen molar-refractivity contribution in [1.82, 2.24) is 20.5 Å². The van der Waals surface area contributed by atoms with Gasteiger partial charge in [-0.3, -0.25) is 14.9 Å². The Morgan fingerprint density at radius 2 is 2.21 bits per heavy atom. The van der Waals surface area contributed by atoms with Crippen LogP contribution in [0.15, 0.2) is 30.5 Å². The van der Waals surface area contributed by atoms with Gasteiger partial charge >= 0.3 is 0 Å². The lowest BCUT2D eigenvalue weighted by Crippen LogP contribution is -2.48. The van der Waals surface area contributed by atoms with Crippen molar-refractivity contribution in [2.75, 3.05) is 0 Å². The highest BCUT2D eigenvalue weighted by Crippen LogP contribution is 2.39. The molecule has 0 aromatic carbocycles. The number of aromatic amines is 1. The van der Waals surface area contributed by atoms with Crippen LogP contribution in [0.25, 0.3) is 0 Å². The number of rotatable bonds is 6. The Hall–Kier alpha value is -2.21. The summed E-state index contributed by atoms with van der Waals surface area (Å²) in [7, 11) is 0. The van der Waals surface area contributed by atoms with Crippen molar-refractivity contribution in [1.29, 1.82) is 0 Å². The number of hydrogen-bond acceptors (Lipinski definition) is 4. The quantitative estimate of drug-likeness (QED) is 0.755. The van der Waals surface area contributed by atoms with Gasteiger partial charge in [0.15, 0.2) is 0 Å². The topological polar surface area (TPSA) is 90.9 Å². The van der Waals surface area contributed by atoms with Crippen LogP contribution in [0, 0.1) is 5.92 Å². The number of nitrogens with one attached hydrogen (secondary N) is 2. The summed E-state index contributed by atoms with van der Waals surface area (Å²) in [5.41, 5.74) is 2.45. The molecule has 2 saturated carbocycles. The predicted octanol–water partition coefficient (Wildman–Crippen LogP) is 1.79. The lowest BCUT2D eigenvalue weighted by atomic mass is 9.76. The molecule has 4 rings (SSSR count). The molecule has 3 N–H and O–H groups in total.